The number of ether oxygens (including phenoxy) is 4. The summed E-state index contributed by atoms with van der Waals surface area (Å²) in [6.07, 6.45) is 0. The van der Waals surface area contributed by atoms with Crippen LogP contribution in [0.2, 0.25) is 0 Å². The molecule has 27 heavy (non-hydrogen) atoms. The number of nitrogen functional groups attached to an aromatic ring is 1. The van der Waals surface area contributed by atoms with Gasteiger partial charge in [-0.25, -0.2) is 4.79 Å². The second-order valence-electron chi connectivity index (χ2n) is 5.49. The van der Waals surface area contributed by atoms with Gasteiger partial charge in [-0.2, -0.15) is 0 Å². The molecule has 0 spiro atoms. The molecule has 0 bridgehead atoms. The molecule has 8 nitrogen and oxygen atoms in total. The van der Waals surface area contributed by atoms with E-state index in [1.807, 2.05) is 0 Å². The lowest BCUT2D eigenvalue weighted by atomic mass is 10.1. The molecule has 0 fully saturated rings. The SMILES string of the molecule is COc1cc(OC)c(OC)cc1CNC(=O)COC(=O)c1ccc(N)cc1. The summed E-state index contributed by atoms with van der Waals surface area (Å²) in [4.78, 5) is 23.9. The van der Waals surface area contributed by atoms with Crippen molar-refractivity contribution in [3.05, 3.63) is 47.5 Å². The number of carbonyl (C=O) groups is 2. The molecule has 0 aliphatic rings. The molecule has 0 aliphatic carbocycles. The molecule has 8 heteroatoms. The highest BCUT2D eigenvalue weighted by Crippen LogP contribution is 2.34. The number of hydrogen-bond acceptors (Lipinski definition) is 7. The fourth-order valence-electron chi connectivity index (χ4n) is 2.31. The molecule has 2 aromatic carbocycles. The van der Waals surface area contributed by atoms with Crippen LogP contribution in [0, 0.1) is 0 Å². The predicted octanol–water partition coefficient (Wildman–Crippen LogP) is 1.77. The zero-order valence-corrected chi connectivity index (χ0v) is 15.4. The van der Waals surface area contributed by atoms with Crippen LogP contribution in [0.15, 0.2) is 36.4 Å². The molecule has 0 aliphatic heterocycles. The van der Waals surface area contributed by atoms with Gasteiger partial charge < -0.3 is 30.0 Å². The van der Waals surface area contributed by atoms with E-state index in [2.05, 4.69) is 5.32 Å². The number of carbonyl (C=O) groups excluding carboxylic acids is 2. The first-order chi connectivity index (χ1) is 13.0. The second kappa shape index (κ2) is 9.33. The van der Waals surface area contributed by atoms with Crippen LogP contribution in [-0.2, 0) is 16.1 Å². The van der Waals surface area contributed by atoms with Gasteiger partial charge in [-0.1, -0.05) is 0 Å². The van der Waals surface area contributed by atoms with Gasteiger partial charge in [0.25, 0.3) is 5.91 Å². The molecule has 0 saturated heterocycles. The van der Waals surface area contributed by atoms with E-state index < -0.39 is 18.5 Å². The fraction of sp³-hybridized carbons (Fsp3) is 0.263. The van der Waals surface area contributed by atoms with E-state index in [1.165, 1.54) is 33.5 Å². The average molecular weight is 374 g/mol. The minimum Gasteiger partial charge on any atom is -0.496 e. The topological polar surface area (TPSA) is 109 Å². The number of anilines is 1. The summed E-state index contributed by atoms with van der Waals surface area (Å²) in [5.74, 6) is 0.510. The third-order valence-electron chi connectivity index (χ3n) is 3.74. The maximum Gasteiger partial charge on any atom is 0.338 e. The molecule has 0 saturated carbocycles. The maximum absolute atomic E-state index is 12.0. The van der Waals surface area contributed by atoms with Crippen LogP contribution in [0.5, 0.6) is 17.2 Å². The Kier molecular flexibility index (Phi) is 6.87. The molecule has 144 valence electrons. The molecule has 3 N–H and O–H groups in total. The normalized spacial score (nSPS) is 10.0. The van der Waals surface area contributed by atoms with Crippen molar-refractivity contribution in [1.29, 1.82) is 0 Å². The second-order valence-corrected chi connectivity index (χ2v) is 5.49. The Balaban J connectivity index is 1.93. The van der Waals surface area contributed by atoms with E-state index in [0.29, 0.717) is 34.1 Å². The van der Waals surface area contributed by atoms with Crippen LogP contribution >= 0.6 is 0 Å². The van der Waals surface area contributed by atoms with E-state index >= 15 is 0 Å². The van der Waals surface area contributed by atoms with E-state index in [4.69, 9.17) is 24.7 Å². The van der Waals surface area contributed by atoms with Crippen LogP contribution < -0.4 is 25.3 Å². The first kappa shape index (κ1) is 19.9. The molecule has 2 aromatic rings. The molecule has 1 amide bonds. The molecule has 0 aromatic heterocycles. The van der Waals surface area contributed by atoms with E-state index in [0.717, 1.165) is 0 Å². The number of hydrogen-bond donors (Lipinski definition) is 2. The maximum atomic E-state index is 12.0. The summed E-state index contributed by atoms with van der Waals surface area (Å²) in [5.41, 5.74) is 7.10. The van der Waals surface area contributed by atoms with Gasteiger partial charge in [0.05, 0.1) is 26.9 Å². The first-order valence-electron chi connectivity index (χ1n) is 8.06. The Morgan fingerprint density at radius 1 is 0.926 bits per heavy atom. The number of amides is 1. The van der Waals surface area contributed by atoms with Crippen LogP contribution in [0.4, 0.5) is 5.69 Å². The molecule has 0 unspecified atom stereocenters. The zero-order chi connectivity index (χ0) is 19.8. The van der Waals surface area contributed by atoms with Crippen molar-refractivity contribution in [3.63, 3.8) is 0 Å². The van der Waals surface area contributed by atoms with Crippen LogP contribution in [0.1, 0.15) is 15.9 Å². The molecular formula is C19H22N2O6. The third-order valence-corrected chi connectivity index (χ3v) is 3.74. The van der Waals surface area contributed by atoms with Crippen LogP contribution in [-0.4, -0.2) is 39.8 Å². The lowest BCUT2D eigenvalue weighted by Crippen LogP contribution is -2.28. The van der Waals surface area contributed by atoms with E-state index in [-0.39, 0.29) is 6.54 Å². The number of nitrogens with one attached hydrogen (secondary N) is 1. The Labute approximate surface area is 157 Å². The highest BCUT2D eigenvalue weighted by Gasteiger charge is 2.14. The smallest absolute Gasteiger partial charge is 0.338 e. The summed E-state index contributed by atoms with van der Waals surface area (Å²) >= 11 is 0. The van der Waals surface area contributed by atoms with Gasteiger partial charge in [0.2, 0.25) is 0 Å². The Bertz CT molecular complexity index is 805. The molecule has 0 atom stereocenters. The van der Waals surface area contributed by atoms with Gasteiger partial charge in [0.15, 0.2) is 18.1 Å². The number of benzene rings is 2. The molecule has 2 rings (SSSR count). The first-order valence-corrected chi connectivity index (χ1v) is 8.06. The van der Waals surface area contributed by atoms with Gasteiger partial charge in [0, 0.05) is 23.9 Å². The molecule has 0 radical (unpaired) electrons. The Morgan fingerprint density at radius 2 is 1.52 bits per heavy atom. The largest absolute Gasteiger partial charge is 0.496 e. The summed E-state index contributed by atoms with van der Waals surface area (Å²) in [6, 6.07) is 9.61. The summed E-state index contributed by atoms with van der Waals surface area (Å²) in [5, 5.41) is 2.67. The predicted molar refractivity (Wildman–Crippen MR) is 99.1 cm³/mol. The van der Waals surface area contributed by atoms with Crippen molar-refractivity contribution in [2.75, 3.05) is 33.7 Å². The Morgan fingerprint density at radius 3 is 2.11 bits per heavy atom. The van der Waals surface area contributed by atoms with Crippen LogP contribution in [0.3, 0.4) is 0 Å². The van der Waals surface area contributed by atoms with Crippen molar-refractivity contribution in [2.45, 2.75) is 6.54 Å². The van der Waals surface area contributed by atoms with E-state index in [1.54, 1.807) is 24.3 Å². The fourth-order valence-corrected chi connectivity index (χ4v) is 2.31. The highest BCUT2D eigenvalue weighted by atomic mass is 16.5. The van der Waals surface area contributed by atoms with Gasteiger partial charge in [0.1, 0.15) is 5.75 Å². The van der Waals surface area contributed by atoms with Crippen molar-refractivity contribution in [1.82, 2.24) is 5.32 Å². The van der Waals surface area contributed by atoms with Gasteiger partial charge in [-0.15, -0.1) is 0 Å². The number of esters is 1. The average Bonchev–Trinajstić information content (AvgIpc) is 2.70. The van der Waals surface area contributed by atoms with E-state index in [9.17, 15) is 9.59 Å². The van der Waals surface area contributed by atoms with Crippen molar-refractivity contribution < 1.29 is 28.5 Å². The highest BCUT2D eigenvalue weighted by molar-refractivity contribution is 5.91. The van der Waals surface area contributed by atoms with Gasteiger partial charge >= 0.3 is 5.97 Å². The minimum atomic E-state index is -0.603. The quantitative estimate of drug-likeness (QED) is 0.535. The zero-order valence-electron chi connectivity index (χ0n) is 15.4. The summed E-state index contributed by atoms with van der Waals surface area (Å²) < 4.78 is 20.8. The molecule has 0 heterocycles. The summed E-state index contributed by atoms with van der Waals surface area (Å²) in [6.45, 7) is -0.236. The lowest BCUT2D eigenvalue weighted by molar-refractivity contribution is -0.124. The van der Waals surface area contributed by atoms with Crippen molar-refractivity contribution in [3.8, 4) is 17.2 Å². The van der Waals surface area contributed by atoms with Crippen molar-refractivity contribution >= 4 is 17.6 Å². The van der Waals surface area contributed by atoms with Gasteiger partial charge in [-0.05, 0) is 30.3 Å². The number of rotatable bonds is 8. The standard InChI is InChI=1S/C19H22N2O6/c1-24-15-9-17(26-3)16(25-2)8-13(15)10-21-18(22)11-27-19(23)12-4-6-14(20)7-5-12/h4-9H,10-11,20H2,1-3H3,(H,21,22). The van der Waals surface area contributed by atoms with Crippen molar-refractivity contribution in [2.24, 2.45) is 0 Å². The number of nitrogens with two attached hydrogens (primary N) is 1. The monoisotopic (exact) mass is 374 g/mol. The Hall–Kier alpha value is -3.42. The minimum absolute atomic E-state index is 0.168. The van der Waals surface area contributed by atoms with Crippen LogP contribution in [0.25, 0.3) is 0 Å². The number of methoxy groups -OCH3 is 3. The third kappa shape index (κ3) is 5.27. The summed E-state index contributed by atoms with van der Waals surface area (Å²) in [7, 11) is 4.55. The van der Waals surface area contributed by atoms with Gasteiger partial charge in [-0.3, -0.25) is 4.79 Å². The lowest BCUT2D eigenvalue weighted by Gasteiger charge is -2.14. The molecular weight excluding hydrogens is 352 g/mol.